The monoisotopic (exact) mass is 1270 g/mol. The van der Waals surface area contributed by atoms with Crippen LogP contribution in [0.15, 0.2) is 24.3 Å². The van der Waals surface area contributed by atoms with E-state index in [-0.39, 0.29) is 18.5 Å². The second-order valence-corrected chi connectivity index (χ2v) is 28.8. The first-order valence-corrected chi connectivity index (χ1v) is 41.6. The molecule has 0 spiro atoms. The summed E-state index contributed by atoms with van der Waals surface area (Å²) in [6, 6.07) is -0.538. The summed E-state index contributed by atoms with van der Waals surface area (Å²) in [5.41, 5.74) is 0. The van der Waals surface area contributed by atoms with Crippen LogP contribution in [0.3, 0.4) is 0 Å². The number of ether oxygens (including phenoxy) is 1. The van der Waals surface area contributed by atoms with Gasteiger partial charge in [-0.1, -0.05) is 430 Å². The highest BCUT2D eigenvalue weighted by Crippen LogP contribution is 2.21. The summed E-state index contributed by atoms with van der Waals surface area (Å²) in [5.74, 6) is -0.00817. The molecule has 0 aromatic carbocycles. The van der Waals surface area contributed by atoms with Crippen molar-refractivity contribution < 1.29 is 24.5 Å². The molecular weight excluding hydrogens is 1100 g/mol. The lowest BCUT2D eigenvalue weighted by atomic mass is 10.0. The van der Waals surface area contributed by atoms with Crippen LogP contribution in [0.2, 0.25) is 0 Å². The van der Waals surface area contributed by atoms with E-state index in [9.17, 15) is 19.8 Å². The normalized spacial score (nSPS) is 12.5. The fraction of sp³-hybridized carbons (Fsp3) is 0.929. The lowest BCUT2D eigenvalue weighted by molar-refractivity contribution is -0.143. The molecule has 0 aliphatic rings. The summed E-state index contributed by atoms with van der Waals surface area (Å²) in [6.07, 6.45) is 103. The number of carbonyl (C=O) groups excluding carboxylic acids is 2. The molecular formula is C84H163NO5. The van der Waals surface area contributed by atoms with E-state index in [1.807, 2.05) is 0 Å². The number of amides is 1. The number of nitrogens with one attached hydrogen (secondary N) is 1. The Labute approximate surface area is 564 Å². The molecule has 90 heavy (non-hydrogen) atoms. The van der Waals surface area contributed by atoms with Gasteiger partial charge < -0.3 is 20.3 Å². The van der Waals surface area contributed by atoms with E-state index >= 15 is 0 Å². The van der Waals surface area contributed by atoms with E-state index in [2.05, 4.69) is 43.5 Å². The molecule has 0 aliphatic heterocycles. The Hall–Kier alpha value is -1.66. The Morgan fingerprint density at radius 1 is 0.311 bits per heavy atom. The Bertz CT molecular complexity index is 1410. The van der Waals surface area contributed by atoms with E-state index in [4.69, 9.17) is 4.74 Å². The lowest BCUT2D eigenvalue weighted by Crippen LogP contribution is -2.45. The SMILES string of the molecule is CCCCC/C=C\C/C=C\CCCCCCCCCC(=O)OCCCCCCCCCCCCCCCCCCCCCCCCCCCCCCCCCCCCCC(=O)NC(CO)C(O)CCCCCCCCCCCCCCCCCCCCCCC. The summed E-state index contributed by atoms with van der Waals surface area (Å²) in [4.78, 5) is 24.7. The second kappa shape index (κ2) is 79.8. The van der Waals surface area contributed by atoms with Crippen molar-refractivity contribution in [2.45, 2.75) is 488 Å². The van der Waals surface area contributed by atoms with Crippen molar-refractivity contribution in [3.8, 4) is 0 Å². The minimum Gasteiger partial charge on any atom is -0.466 e. The summed E-state index contributed by atoms with van der Waals surface area (Å²) >= 11 is 0. The van der Waals surface area contributed by atoms with Crippen LogP contribution in [-0.4, -0.2) is 47.4 Å². The number of aliphatic hydroxyl groups excluding tert-OH is 2. The molecule has 534 valence electrons. The molecule has 0 radical (unpaired) electrons. The Morgan fingerprint density at radius 2 is 0.556 bits per heavy atom. The van der Waals surface area contributed by atoms with Gasteiger partial charge in [-0.15, -0.1) is 0 Å². The fourth-order valence-electron chi connectivity index (χ4n) is 13.4. The number of esters is 1. The molecule has 1 amide bonds. The van der Waals surface area contributed by atoms with Crippen molar-refractivity contribution in [2.24, 2.45) is 0 Å². The Balaban J connectivity index is 3.31. The topological polar surface area (TPSA) is 95.9 Å². The van der Waals surface area contributed by atoms with Crippen molar-refractivity contribution in [3.63, 3.8) is 0 Å². The van der Waals surface area contributed by atoms with Crippen LogP contribution < -0.4 is 5.32 Å². The second-order valence-electron chi connectivity index (χ2n) is 28.8. The minimum atomic E-state index is -0.661. The van der Waals surface area contributed by atoms with Gasteiger partial charge in [0.1, 0.15) is 0 Å². The molecule has 6 heteroatoms. The van der Waals surface area contributed by atoms with Gasteiger partial charge >= 0.3 is 5.97 Å². The third kappa shape index (κ3) is 75.4. The van der Waals surface area contributed by atoms with Crippen LogP contribution in [-0.2, 0) is 14.3 Å². The number of hydrogen-bond acceptors (Lipinski definition) is 5. The van der Waals surface area contributed by atoms with E-state index in [0.29, 0.717) is 25.9 Å². The third-order valence-electron chi connectivity index (χ3n) is 19.8. The van der Waals surface area contributed by atoms with Gasteiger partial charge in [-0.2, -0.15) is 0 Å². The molecule has 0 aromatic heterocycles. The number of hydrogen-bond donors (Lipinski definition) is 3. The molecule has 6 nitrogen and oxygen atoms in total. The smallest absolute Gasteiger partial charge is 0.305 e. The van der Waals surface area contributed by atoms with Crippen LogP contribution in [0.25, 0.3) is 0 Å². The largest absolute Gasteiger partial charge is 0.466 e. The van der Waals surface area contributed by atoms with Gasteiger partial charge in [0, 0.05) is 12.8 Å². The molecule has 0 heterocycles. The zero-order valence-corrected chi connectivity index (χ0v) is 61.4. The summed E-state index contributed by atoms with van der Waals surface area (Å²) in [5, 5.41) is 23.5. The van der Waals surface area contributed by atoms with Gasteiger partial charge in [0.15, 0.2) is 0 Å². The lowest BCUT2D eigenvalue weighted by Gasteiger charge is -2.22. The predicted octanol–water partition coefficient (Wildman–Crippen LogP) is 27.6. The summed E-state index contributed by atoms with van der Waals surface area (Å²) in [6.45, 7) is 4.98. The quantitative estimate of drug-likeness (QED) is 0.0320. The maximum absolute atomic E-state index is 12.6. The van der Waals surface area contributed by atoms with Crippen molar-refractivity contribution in [3.05, 3.63) is 24.3 Å². The number of aliphatic hydroxyl groups is 2. The van der Waals surface area contributed by atoms with Crippen LogP contribution >= 0.6 is 0 Å². The van der Waals surface area contributed by atoms with Crippen molar-refractivity contribution in [2.75, 3.05) is 13.2 Å². The van der Waals surface area contributed by atoms with Gasteiger partial charge in [-0.3, -0.25) is 9.59 Å². The highest BCUT2D eigenvalue weighted by atomic mass is 16.5. The first-order chi connectivity index (χ1) is 44.5. The highest BCUT2D eigenvalue weighted by Gasteiger charge is 2.20. The van der Waals surface area contributed by atoms with Gasteiger partial charge in [0.2, 0.25) is 5.91 Å². The first kappa shape index (κ1) is 88.3. The molecule has 2 unspecified atom stereocenters. The molecule has 2 atom stereocenters. The fourth-order valence-corrected chi connectivity index (χ4v) is 13.4. The van der Waals surface area contributed by atoms with Crippen LogP contribution in [0.4, 0.5) is 0 Å². The molecule has 0 rings (SSSR count). The zero-order valence-electron chi connectivity index (χ0n) is 61.4. The van der Waals surface area contributed by atoms with E-state index in [1.54, 1.807) is 0 Å². The highest BCUT2D eigenvalue weighted by molar-refractivity contribution is 5.76. The number of allylic oxidation sites excluding steroid dienone is 4. The standard InChI is InChI=1S/C84H163NO5/c1-3-5-7-9-11-13-15-17-19-21-22-38-41-45-48-52-56-60-64-68-72-76-82(87)81(80-86)85-83(88)77-73-69-65-61-57-53-49-46-42-39-36-34-32-30-28-26-24-23-25-27-29-31-33-35-37-40-43-47-51-55-59-63-67-71-75-79-90-84(89)78-74-70-66-62-58-54-50-44-20-18-16-14-12-10-8-6-4-2/h12,14,18,20,81-82,86-87H,3-11,13,15-17,19,21-80H2,1-2H3,(H,85,88)/b14-12-,20-18-. The van der Waals surface area contributed by atoms with Gasteiger partial charge in [0.05, 0.1) is 25.4 Å². The maximum atomic E-state index is 12.6. The zero-order chi connectivity index (χ0) is 64.9. The summed E-state index contributed by atoms with van der Waals surface area (Å²) in [7, 11) is 0. The van der Waals surface area contributed by atoms with Gasteiger partial charge in [-0.05, 0) is 57.8 Å². The third-order valence-corrected chi connectivity index (χ3v) is 19.8. The average molecular weight is 1270 g/mol. The summed E-state index contributed by atoms with van der Waals surface area (Å²) < 4.78 is 5.51. The van der Waals surface area contributed by atoms with E-state index in [0.717, 1.165) is 51.4 Å². The average Bonchev–Trinajstić information content (AvgIpc) is 3.67. The van der Waals surface area contributed by atoms with E-state index in [1.165, 1.54) is 392 Å². The van der Waals surface area contributed by atoms with Crippen LogP contribution in [0.1, 0.15) is 476 Å². The molecule has 0 fully saturated rings. The predicted molar refractivity (Wildman–Crippen MR) is 398 cm³/mol. The van der Waals surface area contributed by atoms with E-state index < -0.39 is 12.1 Å². The van der Waals surface area contributed by atoms with Crippen molar-refractivity contribution in [1.82, 2.24) is 5.32 Å². The number of rotatable bonds is 79. The van der Waals surface area contributed by atoms with Crippen LogP contribution in [0, 0.1) is 0 Å². The minimum absolute atomic E-state index is 0.0159. The maximum Gasteiger partial charge on any atom is 0.305 e. The number of carbonyl (C=O) groups is 2. The molecule has 3 N–H and O–H groups in total. The first-order valence-electron chi connectivity index (χ1n) is 41.6. The molecule has 0 aromatic rings. The van der Waals surface area contributed by atoms with Crippen LogP contribution in [0.5, 0.6) is 0 Å². The van der Waals surface area contributed by atoms with Gasteiger partial charge in [-0.25, -0.2) is 0 Å². The Morgan fingerprint density at radius 3 is 0.867 bits per heavy atom. The molecule has 0 bridgehead atoms. The van der Waals surface area contributed by atoms with Crippen molar-refractivity contribution in [1.29, 1.82) is 0 Å². The molecule has 0 saturated carbocycles. The van der Waals surface area contributed by atoms with Crippen molar-refractivity contribution >= 4 is 11.9 Å². The van der Waals surface area contributed by atoms with Gasteiger partial charge in [0.25, 0.3) is 0 Å². The molecule has 0 saturated heterocycles. The molecule has 0 aliphatic carbocycles. The number of unbranched alkanes of at least 4 members (excludes halogenated alkanes) is 64. The Kier molecular flexibility index (Phi) is 78.3.